The molecule has 21 heavy (non-hydrogen) atoms. The largest absolute Gasteiger partial charge is 0.394 e. The predicted octanol–water partition coefficient (Wildman–Crippen LogP) is 1.77. The second-order valence-electron chi connectivity index (χ2n) is 5.90. The van der Waals surface area contributed by atoms with E-state index in [4.69, 9.17) is 4.52 Å². The van der Waals surface area contributed by atoms with Crippen LogP contribution in [0.5, 0.6) is 0 Å². The molecule has 1 aliphatic rings. The van der Waals surface area contributed by atoms with Crippen LogP contribution in [0.25, 0.3) is 0 Å². The van der Waals surface area contributed by atoms with Crippen molar-refractivity contribution >= 4 is 5.91 Å². The second-order valence-corrected chi connectivity index (χ2v) is 5.90. The summed E-state index contributed by atoms with van der Waals surface area (Å²) in [6.07, 6.45) is 7.55. The Morgan fingerprint density at radius 1 is 1.33 bits per heavy atom. The molecule has 1 fully saturated rings. The molecule has 0 atom stereocenters. The number of aliphatic hydroxyl groups is 1. The minimum Gasteiger partial charge on any atom is -0.394 e. The van der Waals surface area contributed by atoms with Crippen LogP contribution >= 0.6 is 0 Å². The van der Waals surface area contributed by atoms with Gasteiger partial charge in [0.25, 0.3) is 0 Å². The van der Waals surface area contributed by atoms with Gasteiger partial charge in [-0.3, -0.25) is 4.79 Å². The summed E-state index contributed by atoms with van der Waals surface area (Å²) in [5.41, 5.74) is -0.419. The number of nitrogens with one attached hydrogen (secondary N) is 1. The smallest absolute Gasteiger partial charge is 0.227 e. The van der Waals surface area contributed by atoms with Gasteiger partial charge < -0.3 is 14.9 Å². The highest BCUT2D eigenvalue weighted by Crippen LogP contribution is 2.27. The lowest BCUT2D eigenvalue weighted by atomic mass is 9.82. The molecule has 0 saturated heterocycles. The van der Waals surface area contributed by atoms with Gasteiger partial charge in [-0.25, -0.2) is 0 Å². The maximum absolute atomic E-state index is 12.1. The van der Waals surface area contributed by atoms with Gasteiger partial charge in [0, 0.05) is 19.3 Å². The number of carbonyl (C=O) groups is 1. The van der Waals surface area contributed by atoms with E-state index in [0.29, 0.717) is 24.6 Å². The highest BCUT2D eigenvalue weighted by atomic mass is 16.5. The number of carbonyl (C=O) groups excluding carboxylic acids is 1. The molecule has 0 unspecified atom stereocenters. The number of aromatic nitrogens is 2. The molecule has 0 aromatic carbocycles. The van der Waals surface area contributed by atoms with Gasteiger partial charge in [0.15, 0.2) is 5.82 Å². The first-order valence-electron chi connectivity index (χ1n) is 7.91. The SMILES string of the molecule is CCCc1noc(CCC(=O)NC2(CO)CCCCC2)n1. The molecule has 0 aliphatic heterocycles. The molecule has 2 N–H and O–H groups in total. The van der Waals surface area contributed by atoms with Crippen molar-refractivity contribution in [1.29, 1.82) is 0 Å². The summed E-state index contributed by atoms with van der Waals surface area (Å²) in [6.45, 7) is 2.07. The van der Waals surface area contributed by atoms with Gasteiger partial charge in [-0.2, -0.15) is 4.98 Å². The fraction of sp³-hybridized carbons (Fsp3) is 0.800. The zero-order chi connectivity index (χ0) is 15.1. The van der Waals surface area contributed by atoms with Crippen LogP contribution in [0.15, 0.2) is 4.52 Å². The molecule has 1 amide bonds. The second kappa shape index (κ2) is 7.54. The van der Waals surface area contributed by atoms with Crippen molar-refractivity contribution < 1.29 is 14.4 Å². The third-order valence-corrected chi connectivity index (χ3v) is 4.07. The van der Waals surface area contributed by atoms with E-state index < -0.39 is 5.54 Å². The van der Waals surface area contributed by atoms with Gasteiger partial charge in [-0.1, -0.05) is 31.3 Å². The molecule has 118 valence electrons. The number of hydrogen-bond donors (Lipinski definition) is 2. The number of hydrogen-bond acceptors (Lipinski definition) is 5. The van der Waals surface area contributed by atoms with E-state index in [2.05, 4.69) is 22.4 Å². The maximum Gasteiger partial charge on any atom is 0.227 e. The number of aliphatic hydroxyl groups excluding tert-OH is 1. The molecule has 6 nitrogen and oxygen atoms in total. The van der Waals surface area contributed by atoms with E-state index in [0.717, 1.165) is 38.5 Å². The van der Waals surface area contributed by atoms with Crippen molar-refractivity contribution in [2.45, 2.75) is 70.3 Å². The van der Waals surface area contributed by atoms with Crippen LogP contribution in [0.3, 0.4) is 0 Å². The first-order valence-corrected chi connectivity index (χ1v) is 7.91. The molecule has 0 radical (unpaired) electrons. The highest BCUT2D eigenvalue weighted by Gasteiger charge is 2.32. The molecular weight excluding hydrogens is 270 g/mol. The Kier molecular flexibility index (Phi) is 5.73. The van der Waals surface area contributed by atoms with E-state index in [9.17, 15) is 9.90 Å². The van der Waals surface area contributed by atoms with Crippen LogP contribution in [-0.2, 0) is 17.6 Å². The summed E-state index contributed by atoms with van der Waals surface area (Å²) in [7, 11) is 0. The number of aryl methyl sites for hydroxylation is 2. The van der Waals surface area contributed by atoms with Gasteiger partial charge in [0.1, 0.15) is 0 Å². The first-order chi connectivity index (χ1) is 10.2. The zero-order valence-corrected chi connectivity index (χ0v) is 12.7. The molecule has 2 rings (SSSR count). The van der Waals surface area contributed by atoms with Crippen molar-refractivity contribution in [2.75, 3.05) is 6.61 Å². The third kappa shape index (κ3) is 4.52. The normalized spacial score (nSPS) is 17.6. The molecule has 0 bridgehead atoms. The molecule has 0 spiro atoms. The van der Waals surface area contributed by atoms with Crippen LogP contribution in [0, 0.1) is 0 Å². The van der Waals surface area contributed by atoms with Crippen molar-refractivity contribution in [3.63, 3.8) is 0 Å². The van der Waals surface area contributed by atoms with Gasteiger partial charge in [0.2, 0.25) is 11.8 Å². The minimum atomic E-state index is -0.419. The van der Waals surface area contributed by atoms with Crippen molar-refractivity contribution in [1.82, 2.24) is 15.5 Å². The van der Waals surface area contributed by atoms with Crippen LogP contribution in [-0.4, -0.2) is 33.3 Å². The van der Waals surface area contributed by atoms with Crippen molar-refractivity contribution in [3.8, 4) is 0 Å². The zero-order valence-electron chi connectivity index (χ0n) is 12.7. The number of rotatable bonds is 7. The Balaban J connectivity index is 1.80. The van der Waals surface area contributed by atoms with Crippen molar-refractivity contribution in [2.24, 2.45) is 0 Å². The first kappa shape index (κ1) is 15.9. The van der Waals surface area contributed by atoms with E-state index >= 15 is 0 Å². The average molecular weight is 295 g/mol. The summed E-state index contributed by atoms with van der Waals surface area (Å²) in [5.74, 6) is 1.16. The molecule has 1 aromatic rings. The molecule has 1 heterocycles. The molecule has 1 saturated carbocycles. The quantitative estimate of drug-likeness (QED) is 0.800. The van der Waals surface area contributed by atoms with Crippen LogP contribution in [0.1, 0.15) is 63.6 Å². The highest BCUT2D eigenvalue weighted by molar-refractivity contribution is 5.77. The average Bonchev–Trinajstić information content (AvgIpc) is 2.94. The van der Waals surface area contributed by atoms with Gasteiger partial charge in [0.05, 0.1) is 12.1 Å². The van der Waals surface area contributed by atoms with Gasteiger partial charge >= 0.3 is 0 Å². The van der Waals surface area contributed by atoms with E-state index in [1.165, 1.54) is 6.42 Å². The lowest BCUT2D eigenvalue weighted by molar-refractivity contribution is -0.124. The molecule has 1 aromatic heterocycles. The summed E-state index contributed by atoms with van der Waals surface area (Å²) < 4.78 is 5.12. The third-order valence-electron chi connectivity index (χ3n) is 4.07. The molecular formula is C15H25N3O3. The fourth-order valence-corrected chi connectivity index (χ4v) is 2.85. The summed E-state index contributed by atoms with van der Waals surface area (Å²) in [6, 6.07) is 0. The minimum absolute atomic E-state index is 0.0138. The Hall–Kier alpha value is -1.43. The van der Waals surface area contributed by atoms with E-state index in [1.807, 2.05) is 0 Å². The van der Waals surface area contributed by atoms with Crippen molar-refractivity contribution in [3.05, 3.63) is 11.7 Å². The Morgan fingerprint density at radius 2 is 2.10 bits per heavy atom. The maximum atomic E-state index is 12.1. The predicted molar refractivity (Wildman–Crippen MR) is 77.7 cm³/mol. The Labute approximate surface area is 125 Å². The molecule has 6 heteroatoms. The summed E-state index contributed by atoms with van der Waals surface area (Å²) >= 11 is 0. The fourth-order valence-electron chi connectivity index (χ4n) is 2.85. The Morgan fingerprint density at radius 3 is 2.76 bits per heavy atom. The Bertz CT molecular complexity index is 453. The standard InChI is InChI=1S/C15H25N3O3/c1-2-6-12-16-14(21-18-12)8-7-13(20)17-15(11-19)9-4-3-5-10-15/h19H,2-11H2,1H3,(H,17,20). The lowest BCUT2D eigenvalue weighted by Crippen LogP contribution is -2.52. The summed E-state index contributed by atoms with van der Waals surface area (Å²) in [4.78, 5) is 16.3. The van der Waals surface area contributed by atoms with Gasteiger partial charge in [-0.15, -0.1) is 0 Å². The van der Waals surface area contributed by atoms with Crippen LogP contribution in [0.4, 0.5) is 0 Å². The van der Waals surface area contributed by atoms with Crippen LogP contribution in [0.2, 0.25) is 0 Å². The molecule has 1 aliphatic carbocycles. The number of amides is 1. The topological polar surface area (TPSA) is 88.2 Å². The number of nitrogens with zero attached hydrogens (tertiary/aromatic N) is 2. The monoisotopic (exact) mass is 295 g/mol. The summed E-state index contributed by atoms with van der Waals surface area (Å²) in [5, 5.41) is 16.5. The lowest BCUT2D eigenvalue weighted by Gasteiger charge is -2.36. The van der Waals surface area contributed by atoms with Gasteiger partial charge in [-0.05, 0) is 19.3 Å². The van der Waals surface area contributed by atoms with E-state index in [1.54, 1.807) is 0 Å². The van der Waals surface area contributed by atoms with Crippen LogP contribution < -0.4 is 5.32 Å². The van der Waals surface area contributed by atoms with E-state index in [-0.39, 0.29) is 12.5 Å².